The largest absolute Gasteiger partial charge is 0.369 e. The Labute approximate surface area is 105 Å². The quantitative estimate of drug-likeness (QED) is 0.283. The summed E-state index contributed by atoms with van der Waals surface area (Å²) >= 11 is 0. The zero-order valence-electron chi connectivity index (χ0n) is 11.2. The van der Waals surface area contributed by atoms with Crippen LogP contribution in [0.2, 0.25) is 0 Å². The number of nitriles is 1. The lowest BCUT2D eigenvalue weighted by molar-refractivity contribution is 0.349. The molecular weight excluding hydrogens is 214 g/mol. The normalized spacial score (nSPS) is 23.1. The fourth-order valence-electron chi connectivity index (χ4n) is 1.66. The van der Waals surface area contributed by atoms with E-state index < -0.39 is 0 Å². The summed E-state index contributed by atoms with van der Waals surface area (Å²) in [6, 6.07) is 0.317. The molecule has 0 heterocycles. The fraction of sp³-hybridized carbons (Fsp3) is 0.750. The number of nitrogens with two attached hydrogens (primary N) is 1. The first-order valence-electron chi connectivity index (χ1n) is 6.06. The van der Waals surface area contributed by atoms with Gasteiger partial charge in [0, 0.05) is 0 Å². The summed E-state index contributed by atoms with van der Waals surface area (Å²) in [6.07, 6.45) is 6.38. The summed E-state index contributed by atoms with van der Waals surface area (Å²) in [5.74, 6) is 1.07. The van der Waals surface area contributed by atoms with Crippen LogP contribution in [0.4, 0.5) is 0 Å². The van der Waals surface area contributed by atoms with Crippen LogP contribution in [0, 0.1) is 22.8 Å². The van der Waals surface area contributed by atoms with Gasteiger partial charge in [-0.1, -0.05) is 20.8 Å². The molecule has 0 aromatic carbocycles. The molecule has 0 aromatic rings. The van der Waals surface area contributed by atoms with Gasteiger partial charge in [0.05, 0.1) is 6.04 Å². The first kappa shape index (κ1) is 17.8. The van der Waals surface area contributed by atoms with E-state index in [0.717, 1.165) is 18.8 Å². The Bertz CT molecular complexity index is 236. The van der Waals surface area contributed by atoms with Crippen molar-refractivity contribution < 1.29 is 0 Å². The van der Waals surface area contributed by atoms with Gasteiger partial charge in [-0.2, -0.15) is 5.26 Å². The second-order valence-corrected chi connectivity index (χ2v) is 3.66. The second-order valence-electron chi connectivity index (χ2n) is 3.66. The lowest BCUT2D eigenvalue weighted by atomic mass is 9.88. The lowest BCUT2D eigenvalue weighted by Gasteiger charge is -2.23. The predicted octanol–water partition coefficient (Wildman–Crippen LogP) is 2.24. The third kappa shape index (κ3) is 9.36. The van der Waals surface area contributed by atoms with Gasteiger partial charge in [0.25, 0.3) is 0 Å². The minimum Gasteiger partial charge on any atom is -0.369 e. The summed E-state index contributed by atoms with van der Waals surface area (Å²) in [6.45, 7) is 8.76. The molecule has 1 fully saturated rings. The van der Waals surface area contributed by atoms with Crippen molar-refractivity contribution in [3.63, 3.8) is 0 Å². The third-order valence-corrected chi connectivity index (χ3v) is 2.49. The molecule has 0 spiro atoms. The molecule has 1 aliphatic rings. The van der Waals surface area contributed by atoms with E-state index in [1.807, 2.05) is 13.8 Å². The number of guanidine groups is 1. The minimum absolute atomic E-state index is 0.252. The lowest BCUT2D eigenvalue weighted by Crippen LogP contribution is -2.30. The number of hydrogen-bond donors (Lipinski definition) is 3. The Hall–Kier alpha value is -1.57. The average molecular weight is 239 g/mol. The van der Waals surface area contributed by atoms with E-state index in [1.165, 1.54) is 12.8 Å². The number of hydrogen-bond acceptors (Lipinski definition) is 3. The van der Waals surface area contributed by atoms with Crippen molar-refractivity contribution in [2.45, 2.75) is 52.5 Å². The Morgan fingerprint density at radius 2 is 1.82 bits per heavy atom. The highest BCUT2D eigenvalue weighted by Gasteiger charge is 2.17. The van der Waals surface area contributed by atoms with Gasteiger partial charge in [0.2, 0.25) is 5.96 Å². The van der Waals surface area contributed by atoms with Crippen LogP contribution in [-0.4, -0.2) is 18.7 Å². The van der Waals surface area contributed by atoms with Gasteiger partial charge in [-0.3, -0.25) is 5.32 Å². The van der Waals surface area contributed by atoms with E-state index in [4.69, 9.17) is 16.4 Å². The van der Waals surface area contributed by atoms with E-state index in [9.17, 15) is 0 Å². The molecule has 0 radical (unpaired) electrons. The molecule has 0 aromatic heterocycles. The molecule has 1 aliphatic carbocycles. The van der Waals surface area contributed by atoms with Gasteiger partial charge in [0.15, 0.2) is 6.19 Å². The van der Waals surface area contributed by atoms with Crippen molar-refractivity contribution in [2.24, 2.45) is 16.6 Å². The van der Waals surface area contributed by atoms with E-state index in [-0.39, 0.29) is 5.96 Å². The Kier molecular flexibility index (Phi) is 13.1. The molecular formula is C12H25N5. The smallest absolute Gasteiger partial charge is 0.202 e. The van der Waals surface area contributed by atoms with Crippen LogP contribution in [0.3, 0.4) is 0 Å². The summed E-state index contributed by atoms with van der Waals surface area (Å²) in [4.78, 5) is 4.22. The van der Waals surface area contributed by atoms with Crippen molar-refractivity contribution in [2.75, 3.05) is 0 Å². The highest BCUT2D eigenvalue weighted by molar-refractivity contribution is 5.79. The van der Waals surface area contributed by atoms with E-state index in [1.54, 1.807) is 6.19 Å². The molecule has 98 valence electrons. The topological polar surface area (TPSA) is 98.1 Å². The zero-order chi connectivity index (χ0) is 13.7. The molecule has 5 nitrogen and oxygen atoms in total. The minimum atomic E-state index is 0.252. The van der Waals surface area contributed by atoms with Crippen LogP contribution in [0.15, 0.2) is 4.99 Å². The molecule has 0 saturated heterocycles. The first-order chi connectivity index (χ1) is 8.22. The second kappa shape index (κ2) is 12.5. The monoisotopic (exact) mass is 239 g/mol. The van der Waals surface area contributed by atoms with Crippen LogP contribution < -0.4 is 11.1 Å². The molecule has 0 amide bonds. The molecule has 1 rings (SSSR count). The van der Waals surface area contributed by atoms with E-state index >= 15 is 0 Å². The van der Waals surface area contributed by atoms with Crippen molar-refractivity contribution in [1.29, 1.82) is 10.7 Å². The maximum atomic E-state index is 8.29. The summed E-state index contributed by atoms with van der Waals surface area (Å²) in [5.41, 5.74) is 5.47. The Morgan fingerprint density at radius 3 is 2.24 bits per heavy atom. The maximum Gasteiger partial charge on any atom is 0.202 e. The molecule has 0 unspecified atom stereocenters. The summed E-state index contributed by atoms with van der Waals surface area (Å²) < 4.78 is 0. The maximum absolute atomic E-state index is 8.29. The number of aliphatic imine (C=N–C) groups is 1. The Morgan fingerprint density at radius 1 is 1.35 bits per heavy atom. The van der Waals surface area contributed by atoms with Crippen molar-refractivity contribution >= 4 is 12.7 Å². The number of rotatable bonds is 1. The molecule has 4 N–H and O–H groups in total. The average Bonchev–Trinajstić information content (AvgIpc) is 2.37. The van der Waals surface area contributed by atoms with E-state index in [2.05, 4.69) is 24.0 Å². The predicted molar refractivity (Wildman–Crippen MR) is 73.0 cm³/mol. The summed E-state index contributed by atoms with van der Waals surface area (Å²) in [7, 11) is 0. The third-order valence-electron chi connectivity index (χ3n) is 2.49. The molecule has 0 bridgehead atoms. The fourth-order valence-corrected chi connectivity index (χ4v) is 1.66. The standard InChI is InChI=1S/C9H16N4.C2H6.CH3N/c1-7-2-4-8(5-3-7)13-9(11)12-6-10;2*1-2/h7-8H,2-5H2,1H3,(H3,11,12,13);1-2H3;2H,1H2. The van der Waals surface area contributed by atoms with Crippen LogP contribution in [0.25, 0.3) is 0 Å². The van der Waals surface area contributed by atoms with E-state index in [0.29, 0.717) is 6.04 Å². The van der Waals surface area contributed by atoms with Crippen molar-refractivity contribution in [3.8, 4) is 6.19 Å². The van der Waals surface area contributed by atoms with Crippen LogP contribution >= 0.6 is 0 Å². The summed E-state index contributed by atoms with van der Waals surface area (Å²) in [5, 5.41) is 16.1. The van der Waals surface area contributed by atoms with Gasteiger partial charge in [-0.25, -0.2) is 4.99 Å². The van der Waals surface area contributed by atoms with Gasteiger partial charge in [0.1, 0.15) is 0 Å². The van der Waals surface area contributed by atoms with Crippen molar-refractivity contribution in [3.05, 3.63) is 0 Å². The molecule has 17 heavy (non-hydrogen) atoms. The van der Waals surface area contributed by atoms with Gasteiger partial charge in [-0.15, -0.1) is 0 Å². The molecule has 0 atom stereocenters. The van der Waals surface area contributed by atoms with Gasteiger partial charge >= 0.3 is 0 Å². The number of nitrogens with zero attached hydrogens (tertiary/aromatic N) is 2. The highest BCUT2D eigenvalue weighted by atomic mass is 15.1. The van der Waals surface area contributed by atoms with Crippen molar-refractivity contribution in [1.82, 2.24) is 5.32 Å². The molecule has 1 saturated carbocycles. The van der Waals surface area contributed by atoms with Crippen LogP contribution in [0.1, 0.15) is 46.5 Å². The SMILES string of the molecule is C=N.CC.CC1CCC(N=C(N)NC#N)CC1. The van der Waals surface area contributed by atoms with Gasteiger partial charge in [-0.05, 0) is 38.3 Å². The molecule has 0 aliphatic heterocycles. The zero-order valence-corrected chi connectivity index (χ0v) is 11.2. The molecule has 5 heteroatoms. The van der Waals surface area contributed by atoms with Crippen LogP contribution in [-0.2, 0) is 0 Å². The first-order valence-corrected chi connectivity index (χ1v) is 6.06. The highest BCUT2D eigenvalue weighted by Crippen LogP contribution is 2.25. The van der Waals surface area contributed by atoms with Crippen LogP contribution in [0.5, 0.6) is 0 Å². The van der Waals surface area contributed by atoms with Gasteiger partial charge < -0.3 is 11.1 Å². The number of nitrogens with one attached hydrogen (secondary N) is 2. The Balaban J connectivity index is 0.